The first-order valence-electron chi connectivity index (χ1n) is 4.40. The summed E-state index contributed by atoms with van der Waals surface area (Å²) in [6.45, 7) is 0.324. The van der Waals surface area contributed by atoms with Gasteiger partial charge in [-0.25, -0.2) is 0 Å². The van der Waals surface area contributed by atoms with Gasteiger partial charge in [-0.05, 0) is 17.7 Å². The molecule has 1 aromatic carbocycles. The number of methoxy groups -OCH3 is 1. The van der Waals surface area contributed by atoms with Crippen LogP contribution in [-0.4, -0.2) is 30.5 Å². The number of aromatic hydroxyl groups is 1. The van der Waals surface area contributed by atoms with Crippen LogP contribution in [0.5, 0.6) is 11.5 Å². The zero-order valence-electron chi connectivity index (χ0n) is 8.10. The van der Waals surface area contributed by atoms with E-state index in [9.17, 15) is 5.11 Å². The van der Waals surface area contributed by atoms with Crippen molar-refractivity contribution in [1.29, 1.82) is 0 Å². The van der Waals surface area contributed by atoms with Crippen LogP contribution in [0.25, 0.3) is 0 Å². The molecule has 0 amide bonds. The van der Waals surface area contributed by atoms with Gasteiger partial charge in [-0.1, -0.05) is 6.07 Å². The van der Waals surface area contributed by atoms with E-state index in [1.165, 1.54) is 7.11 Å². The van der Waals surface area contributed by atoms with E-state index in [-0.39, 0.29) is 18.3 Å². The van der Waals surface area contributed by atoms with Crippen molar-refractivity contribution in [3.8, 4) is 11.5 Å². The second-order valence-corrected chi connectivity index (χ2v) is 3.05. The van der Waals surface area contributed by atoms with E-state index < -0.39 is 0 Å². The smallest absolute Gasteiger partial charge is 0.160 e. The van der Waals surface area contributed by atoms with Crippen molar-refractivity contribution in [2.75, 3.05) is 20.3 Å². The minimum Gasteiger partial charge on any atom is -0.504 e. The molecule has 0 aliphatic carbocycles. The van der Waals surface area contributed by atoms with Crippen LogP contribution in [0.3, 0.4) is 0 Å². The Labute approximate surface area is 82.9 Å². The summed E-state index contributed by atoms with van der Waals surface area (Å²) in [5, 5.41) is 18.5. The van der Waals surface area contributed by atoms with Gasteiger partial charge in [0.15, 0.2) is 11.5 Å². The SMILES string of the molecule is COc1ccc([C@H](CN)CO)cc1O. The Balaban J connectivity index is 2.95. The lowest BCUT2D eigenvalue weighted by atomic mass is 10.00. The first-order valence-corrected chi connectivity index (χ1v) is 4.40. The van der Waals surface area contributed by atoms with Gasteiger partial charge in [-0.3, -0.25) is 0 Å². The molecule has 1 atom stereocenters. The fourth-order valence-electron chi connectivity index (χ4n) is 1.28. The molecule has 0 radical (unpaired) electrons. The van der Waals surface area contributed by atoms with Crippen LogP contribution in [0.1, 0.15) is 11.5 Å². The molecule has 0 unspecified atom stereocenters. The minimum absolute atomic E-state index is 0.0255. The van der Waals surface area contributed by atoms with Gasteiger partial charge >= 0.3 is 0 Å². The highest BCUT2D eigenvalue weighted by atomic mass is 16.5. The summed E-state index contributed by atoms with van der Waals surface area (Å²) in [5.74, 6) is 0.353. The fraction of sp³-hybridized carbons (Fsp3) is 0.400. The van der Waals surface area contributed by atoms with Crippen molar-refractivity contribution in [1.82, 2.24) is 0 Å². The van der Waals surface area contributed by atoms with Crippen molar-refractivity contribution in [3.05, 3.63) is 23.8 Å². The summed E-state index contributed by atoms with van der Waals surface area (Å²) in [6.07, 6.45) is 0. The Bertz CT molecular complexity index is 297. The van der Waals surface area contributed by atoms with Crippen LogP contribution >= 0.6 is 0 Å². The van der Waals surface area contributed by atoms with E-state index >= 15 is 0 Å². The number of rotatable bonds is 4. The molecule has 0 fully saturated rings. The van der Waals surface area contributed by atoms with Crippen molar-refractivity contribution >= 4 is 0 Å². The average molecular weight is 197 g/mol. The lowest BCUT2D eigenvalue weighted by Crippen LogP contribution is -2.15. The predicted molar refractivity (Wildman–Crippen MR) is 53.5 cm³/mol. The van der Waals surface area contributed by atoms with E-state index in [4.69, 9.17) is 15.6 Å². The first-order chi connectivity index (χ1) is 6.72. The normalized spacial score (nSPS) is 12.5. The Morgan fingerprint density at radius 1 is 1.50 bits per heavy atom. The molecule has 4 nitrogen and oxygen atoms in total. The standard InChI is InChI=1S/C10H15NO3/c1-14-10-3-2-7(4-9(10)13)8(5-11)6-12/h2-4,8,12-13H,5-6,11H2,1H3/t8-/m1/s1. The summed E-state index contributed by atoms with van der Waals surface area (Å²) in [5.41, 5.74) is 6.28. The van der Waals surface area contributed by atoms with Crippen molar-refractivity contribution in [2.45, 2.75) is 5.92 Å². The molecule has 1 aromatic rings. The fourth-order valence-corrected chi connectivity index (χ4v) is 1.28. The number of benzene rings is 1. The molecule has 0 aromatic heterocycles. The zero-order valence-corrected chi connectivity index (χ0v) is 8.10. The number of ether oxygens (including phenoxy) is 1. The third kappa shape index (κ3) is 2.16. The molecule has 0 saturated heterocycles. The van der Waals surface area contributed by atoms with Crippen LogP contribution in [0.15, 0.2) is 18.2 Å². The highest BCUT2D eigenvalue weighted by Crippen LogP contribution is 2.29. The highest BCUT2D eigenvalue weighted by molar-refractivity contribution is 5.42. The highest BCUT2D eigenvalue weighted by Gasteiger charge is 2.10. The maximum Gasteiger partial charge on any atom is 0.160 e. The topological polar surface area (TPSA) is 75.7 Å². The van der Waals surface area contributed by atoms with Gasteiger partial charge in [0.25, 0.3) is 0 Å². The lowest BCUT2D eigenvalue weighted by molar-refractivity contribution is 0.267. The van der Waals surface area contributed by atoms with Crippen molar-refractivity contribution in [2.24, 2.45) is 5.73 Å². The third-order valence-electron chi connectivity index (χ3n) is 2.18. The number of hydrogen-bond donors (Lipinski definition) is 3. The zero-order chi connectivity index (χ0) is 10.6. The molecule has 0 aliphatic rings. The van der Waals surface area contributed by atoms with Crippen LogP contribution in [-0.2, 0) is 0 Å². The third-order valence-corrected chi connectivity index (χ3v) is 2.18. The maximum atomic E-state index is 9.48. The van der Waals surface area contributed by atoms with Gasteiger partial charge in [-0.2, -0.15) is 0 Å². The number of phenolic OH excluding ortho intramolecular Hbond substituents is 1. The van der Waals surface area contributed by atoms with Crippen LogP contribution in [0, 0.1) is 0 Å². The summed E-state index contributed by atoms with van der Waals surface area (Å²) >= 11 is 0. The molecule has 14 heavy (non-hydrogen) atoms. The molecule has 4 heteroatoms. The first kappa shape index (κ1) is 10.8. The lowest BCUT2D eigenvalue weighted by Gasteiger charge is -2.13. The van der Waals surface area contributed by atoms with Gasteiger partial charge in [0.1, 0.15) is 0 Å². The minimum atomic E-state index is -0.133. The molecule has 1 rings (SSSR count). The maximum absolute atomic E-state index is 9.48. The van der Waals surface area contributed by atoms with Crippen molar-refractivity contribution < 1.29 is 14.9 Å². The molecular formula is C10H15NO3. The largest absolute Gasteiger partial charge is 0.504 e. The Morgan fingerprint density at radius 3 is 2.64 bits per heavy atom. The summed E-state index contributed by atoms with van der Waals surface area (Å²) in [4.78, 5) is 0. The second kappa shape index (κ2) is 4.83. The van der Waals surface area contributed by atoms with Gasteiger partial charge in [0.05, 0.1) is 13.7 Å². The monoisotopic (exact) mass is 197 g/mol. The quantitative estimate of drug-likeness (QED) is 0.654. The number of nitrogens with two attached hydrogens (primary N) is 1. The second-order valence-electron chi connectivity index (χ2n) is 3.05. The molecule has 0 aliphatic heterocycles. The van der Waals surface area contributed by atoms with Gasteiger partial charge < -0.3 is 20.7 Å². The summed E-state index contributed by atoms with van der Waals surface area (Å²) in [6, 6.07) is 5.00. The number of hydrogen-bond acceptors (Lipinski definition) is 4. The molecule has 4 N–H and O–H groups in total. The molecular weight excluding hydrogens is 182 g/mol. The Morgan fingerprint density at radius 2 is 2.21 bits per heavy atom. The molecule has 0 spiro atoms. The molecule has 0 bridgehead atoms. The predicted octanol–water partition coefficient (Wildman–Crippen LogP) is 0.435. The van der Waals surface area contributed by atoms with Crippen molar-refractivity contribution in [3.63, 3.8) is 0 Å². The molecule has 0 saturated carbocycles. The van der Waals surface area contributed by atoms with Crippen LogP contribution in [0.2, 0.25) is 0 Å². The van der Waals surface area contributed by atoms with E-state index in [1.54, 1.807) is 18.2 Å². The van der Waals surface area contributed by atoms with Crippen LogP contribution < -0.4 is 10.5 Å². The summed E-state index contributed by atoms with van der Waals surface area (Å²) < 4.78 is 4.90. The van der Waals surface area contributed by atoms with Gasteiger partial charge in [0.2, 0.25) is 0 Å². The summed E-state index contributed by atoms with van der Waals surface area (Å²) in [7, 11) is 1.49. The van der Waals surface area contributed by atoms with E-state index in [0.717, 1.165) is 5.56 Å². The number of aliphatic hydroxyl groups is 1. The van der Waals surface area contributed by atoms with E-state index in [2.05, 4.69) is 0 Å². The average Bonchev–Trinajstić information content (AvgIpc) is 2.20. The van der Waals surface area contributed by atoms with Gasteiger partial charge in [-0.15, -0.1) is 0 Å². The molecule has 0 heterocycles. The Kier molecular flexibility index (Phi) is 3.73. The van der Waals surface area contributed by atoms with E-state index in [1.807, 2.05) is 0 Å². The van der Waals surface area contributed by atoms with Crippen LogP contribution in [0.4, 0.5) is 0 Å². The number of aliphatic hydroxyl groups excluding tert-OH is 1. The van der Waals surface area contributed by atoms with E-state index in [0.29, 0.717) is 12.3 Å². The Hall–Kier alpha value is -1.26. The number of phenols is 1. The molecule has 78 valence electrons. The van der Waals surface area contributed by atoms with Gasteiger partial charge in [0, 0.05) is 12.5 Å².